The molecule has 0 bridgehead atoms. The number of benzene rings is 2. The van der Waals surface area contributed by atoms with Gasteiger partial charge in [-0.1, -0.05) is 34.1 Å². The van der Waals surface area contributed by atoms with Crippen LogP contribution in [0.4, 0.5) is 22.0 Å². The zero-order valence-corrected chi connectivity index (χ0v) is 19.1. The van der Waals surface area contributed by atoms with Crippen LogP contribution in [0.25, 0.3) is 21.3 Å². The van der Waals surface area contributed by atoms with E-state index in [9.17, 15) is 4.79 Å². The highest BCUT2D eigenvalue weighted by Crippen LogP contribution is 2.40. The van der Waals surface area contributed by atoms with E-state index >= 15 is 0 Å². The molecule has 0 aliphatic carbocycles. The van der Waals surface area contributed by atoms with Crippen LogP contribution in [0.15, 0.2) is 59.3 Å². The Morgan fingerprint density at radius 3 is 2.65 bits per heavy atom. The number of ether oxygens (including phenoxy) is 1. The van der Waals surface area contributed by atoms with Gasteiger partial charge in [-0.3, -0.25) is 0 Å². The fraction of sp³-hybridized carbons (Fsp3) is 0.136. The van der Waals surface area contributed by atoms with Crippen molar-refractivity contribution in [3.63, 3.8) is 0 Å². The molecule has 2 amide bonds. The van der Waals surface area contributed by atoms with Crippen LogP contribution < -0.4 is 16.4 Å². The normalized spacial score (nSPS) is 10.9. The molecule has 0 saturated carbocycles. The standard InChI is InChI=1S/C22H20BrN5O2S/c1-30-10-9-17-18(19-20(24)25-12-26-21(19)31-17)13-5-7-15(8-6-13)27-22(29)28-16-4-2-3-14(23)11-16/h2-8,11-12H,9-10H2,1H3,(H2,24,25,26)(H2,27,28,29). The van der Waals surface area contributed by atoms with Gasteiger partial charge in [-0.25, -0.2) is 14.8 Å². The third-order valence-corrected chi connectivity index (χ3v) is 6.29. The predicted molar refractivity (Wildman–Crippen MR) is 130 cm³/mol. The number of urea groups is 1. The van der Waals surface area contributed by atoms with Crippen molar-refractivity contribution >= 4 is 60.7 Å². The van der Waals surface area contributed by atoms with Crippen LogP contribution in [-0.2, 0) is 11.2 Å². The van der Waals surface area contributed by atoms with Crippen LogP contribution in [0.2, 0.25) is 0 Å². The summed E-state index contributed by atoms with van der Waals surface area (Å²) in [5.74, 6) is 0.454. The van der Waals surface area contributed by atoms with E-state index in [1.54, 1.807) is 18.4 Å². The Hall–Kier alpha value is -3.01. The number of nitrogens with zero attached hydrogens (tertiary/aromatic N) is 2. The van der Waals surface area contributed by atoms with Crippen molar-refractivity contribution in [3.8, 4) is 11.1 Å². The van der Waals surface area contributed by atoms with Crippen molar-refractivity contribution < 1.29 is 9.53 Å². The highest BCUT2D eigenvalue weighted by molar-refractivity contribution is 9.10. The molecular formula is C22H20BrN5O2S. The Balaban J connectivity index is 1.58. The second-order valence-corrected chi connectivity index (χ2v) is 8.75. The molecule has 0 spiro atoms. The van der Waals surface area contributed by atoms with E-state index < -0.39 is 0 Å². The summed E-state index contributed by atoms with van der Waals surface area (Å²) in [5, 5.41) is 6.51. The first kappa shape index (κ1) is 21.2. The summed E-state index contributed by atoms with van der Waals surface area (Å²) < 4.78 is 6.16. The van der Waals surface area contributed by atoms with Crippen molar-refractivity contribution in [2.75, 3.05) is 30.1 Å². The Morgan fingerprint density at radius 1 is 1.13 bits per heavy atom. The molecule has 0 aliphatic rings. The van der Waals surface area contributed by atoms with E-state index in [2.05, 4.69) is 36.5 Å². The lowest BCUT2D eigenvalue weighted by molar-refractivity contribution is 0.203. The highest BCUT2D eigenvalue weighted by atomic mass is 79.9. The highest BCUT2D eigenvalue weighted by Gasteiger charge is 2.18. The minimum atomic E-state index is -0.315. The zero-order chi connectivity index (χ0) is 21.8. The molecule has 2 aromatic heterocycles. The molecule has 0 radical (unpaired) electrons. The summed E-state index contributed by atoms with van der Waals surface area (Å²) in [5.41, 5.74) is 9.55. The molecular weight excluding hydrogens is 478 g/mol. The van der Waals surface area contributed by atoms with Crippen molar-refractivity contribution in [2.45, 2.75) is 6.42 Å². The van der Waals surface area contributed by atoms with Crippen molar-refractivity contribution in [3.05, 3.63) is 64.2 Å². The number of thiophene rings is 1. The number of nitrogen functional groups attached to an aromatic ring is 1. The molecule has 2 heterocycles. The third-order valence-electron chi connectivity index (χ3n) is 4.64. The summed E-state index contributed by atoms with van der Waals surface area (Å²) in [6, 6.07) is 14.7. The van der Waals surface area contributed by atoms with Gasteiger partial charge in [-0.15, -0.1) is 11.3 Å². The molecule has 4 aromatic rings. The lowest BCUT2D eigenvalue weighted by Crippen LogP contribution is -2.19. The van der Waals surface area contributed by atoms with Gasteiger partial charge in [-0.2, -0.15) is 0 Å². The molecule has 31 heavy (non-hydrogen) atoms. The Kier molecular flexibility index (Phi) is 6.45. The van der Waals surface area contributed by atoms with Gasteiger partial charge in [0.05, 0.1) is 12.0 Å². The summed E-state index contributed by atoms with van der Waals surface area (Å²) >= 11 is 4.99. The van der Waals surface area contributed by atoms with Crippen molar-refractivity contribution in [1.29, 1.82) is 0 Å². The molecule has 7 nitrogen and oxygen atoms in total. The Labute approximate surface area is 191 Å². The summed E-state index contributed by atoms with van der Waals surface area (Å²) in [7, 11) is 1.68. The SMILES string of the molecule is COCCc1sc2ncnc(N)c2c1-c1ccc(NC(=O)Nc2cccc(Br)c2)cc1. The molecule has 0 saturated heterocycles. The molecule has 0 fully saturated rings. The van der Waals surface area contributed by atoms with Crippen LogP contribution >= 0.6 is 27.3 Å². The number of halogens is 1. The van der Waals surface area contributed by atoms with Crippen molar-refractivity contribution in [1.82, 2.24) is 9.97 Å². The number of fused-ring (bicyclic) bond motifs is 1. The van der Waals surface area contributed by atoms with E-state index in [0.29, 0.717) is 23.8 Å². The largest absolute Gasteiger partial charge is 0.384 e. The van der Waals surface area contributed by atoms with Gasteiger partial charge < -0.3 is 21.1 Å². The number of amides is 2. The summed E-state index contributed by atoms with van der Waals surface area (Å²) in [4.78, 5) is 22.8. The number of carbonyl (C=O) groups is 1. The van der Waals surface area contributed by atoms with Gasteiger partial charge in [-0.05, 0) is 35.9 Å². The third kappa shape index (κ3) is 4.84. The number of nitrogens with two attached hydrogens (primary N) is 1. The van der Waals surface area contributed by atoms with Gasteiger partial charge in [0.2, 0.25) is 0 Å². The average Bonchev–Trinajstić information content (AvgIpc) is 3.12. The van der Waals surface area contributed by atoms with Crippen LogP contribution in [-0.4, -0.2) is 29.7 Å². The number of hydrogen-bond donors (Lipinski definition) is 3. The molecule has 2 aromatic carbocycles. The average molecular weight is 498 g/mol. The number of methoxy groups -OCH3 is 1. The van der Waals surface area contributed by atoms with Crippen LogP contribution in [0.3, 0.4) is 0 Å². The zero-order valence-electron chi connectivity index (χ0n) is 16.7. The minimum Gasteiger partial charge on any atom is -0.384 e. The second kappa shape index (κ2) is 9.42. The molecule has 4 N–H and O–H groups in total. The van der Waals surface area contributed by atoms with Crippen LogP contribution in [0, 0.1) is 0 Å². The molecule has 158 valence electrons. The first-order valence-electron chi connectivity index (χ1n) is 9.50. The first-order chi connectivity index (χ1) is 15.0. The molecule has 0 atom stereocenters. The number of aromatic nitrogens is 2. The molecule has 4 rings (SSSR count). The fourth-order valence-electron chi connectivity index (χ4n) is 3.26. The Morgan fingerprint density at radius 2 is 1.90 bits per heavy atom. The quantitative estimate of drug-likeness (QED) is 0.324. The van der Waals surface area contributed by atoms with Gasteiger partial charge in [0.1, 0.15) is 17.0 Å². The predicted octanol–water partition coefficient (Wildman–Crippen LogP) is 5.54. The van der Waals surface area contributed by atoms with Gasteiger partial charge in [0.25, 0.3) is 0 Å². The maximum Gasteiger partial charge on any atom is 0.323 e. The van der Waals surface area contributed by atoms with Crippen molar-refractivity contribution in [2.24, 2.45) is 0 Å². The molecule has 0 unspecified atom stereocenters. The molecule has 9 heteroatoms. The summed E-state index contributed by atoms with van der Waals surface area (Å²) in [6.45, 7) is 0.600. The number of rotatable bonds is 6. The second-order valence-electron chi connectivity index (χ2n) is 6.75. The maximum atomic E-state index is 12.3. The fourth-order valence-corrected chi connectivity index (χ4v) is 4.81. The van der Waals surface area contributed by atoms with Crippen LogP contribution in [0.5, 0.6) is 0 Å². The number of nitrogens with one attached hydrogen (secondary N) is 2. The van der Waals surface area contributed by atoms with Gasteiger partial charge in [0, 0.05) is 39.8 Å². The number of hydrogen-bond acceptors (Lipinski definition) is 6. The minimum absolute atomic E-state index is 0.315. The molecule has 0 aliphatic heterocycles. The lowest BCUT2D eigenvalue weighted by atomic mass is 10.0. The monoisotopic (exact) mass is 497 g/mol. The van der Waals surface area contributed by atoms with E-state index in [1.807, 2.05) is 48.5 Å². The smallest absolute Gasteiger partial charge is 0.323 e. The van der Waals surface area contributed by atoms with Gasteiger partial charge >= 0.3 is 6.03 Å². The first-order valence-corrected chi connectivity index (χ1v) is 11.1. The van der Waals surface area contributed by atoms with Gasteiger partial charge in [0.15, 0.2) is 0 Å². The Bertz CT molecular complexity index is 1230. The topological polar surface area (TPSA) is 102 Å². The van der Waals surface area contributed by atoms with Crippen LogP contribution in [0.1, 0.15) is 4.88 Å². The number of carbonyl (C=O) groups excluding carboxylic acids is 1. The van der Waals surface area contributed by atoms with E-state index in [0.717, 1.165) is 37.1 Å². The lowest BCUT2D eigenvalue weighted by Gasteiger charge is -2.10. The van der Waals surface area contributed by atoms with E-state index in [-0.39, 0.29) is 6.03 Å². The summed E-state index contributed by atoms with van der Waals surface area (Å²) in [6.07, 6.45) is 2.23. The maximum absolute atomic E-state index is 12.3. The van der Waals surface area contributed by atoms with E-state index in [4.69, 9.17) is 10.5 Å². The van der Waals surface area contributed by atoms with E-state index in [1.165, 1.54) is 6.33 Å². The number of anilines is 3.